The first-order chi connectivity index (χ1) is 14.8. The number of hydrogen-bond donors (Lipinski definition) is 1. The summed E-state index contributed by atoms with van der Waals surface area (Å²) in [5.74, 6) is -0.580. The molecule has 0 fully saturated rings. The number of alkyl halides is 3. The van der Waals surface area contributed by atoms with E-state index >= 15 is 0 Å². The number of ether oxygens (including phenoxy) is 1. The van der Waals surface area contributed by atoms with E-state index in [-0.39, 0.29) is 17.3 Å². The number of hydrogen-bond acceptors (Lipinski definition) is 6. The molecule has 3 aromatic rings. The van der Waals surface area contributed by atoms with E-state index in [0.29, 0.717) is 28.4 Å². The maximum atomic E-state index is 14.3. The number of halogens is 3. The van der Waals surface area contributed by atoms with E-state index in [1.807, 2.05) is 30.3 Å². The van der Waals surface area contributed by atoms with Crippen molar-refractivity contribution in [1.29, 1.82) is 0 Å². The Morgan fingerprint density at radius 1 is 1.19 bits per heavy atom. The van der Waals surface area contributed by atoms with Gasteiger partial charge in [0.2, 0.25) is 5.13 Å². The van der Waals surface area contributed by atoms with Gasteiger partial charge in [-0.1, -0.05) is 30.3 Å². The summed E-state index contributed by atoms with van der Waals surface area (Å²) < 4.78 is 48.0. The zero-order valence-electron chi connectivity index (χ0n) is 16.4. The molecule has 2 aliphatic rings. The predicted molar refractivity (Wildman–Crippen MR) is 112 cm³/mol. The topological polar surface area (TPSA) is 58.0 Å². The van der Waals surface area contributed by atoms with Crippen molar-refractivity contribution in [3.05, 3.63) is 65.0 Å². The highest BCUT2D eigenvalue weighted by molar-refractivity contribution is 7.14. The zero-order chi connectivity index (χ0) is 21.8. The van der Waals surface area contributed by atoms with Gasteiger partial charge in [0.25, 0.3) is 5.72 Å². The van der Waals surface area contributed by atoms with Crippen LogP contribution in [0.3, 0.4) is 0 Å². The number of hydrazone groups is 1. The first kappa shape index (κ1) is 20.0. The number of methoxy groups -OCH3 is 1. The van der Waals surface area contributed by atoms with Crippen LogP contribution in [0.1, 0.15) is 17.5 Å². The zero-order valence-corrected chi connectivity index (χ0v) is 17.2. The van der Waals surface area contributed by atoms with Crippen molar-refractivity contribution < 1.29 is 23.0 Å². The van der Waals surface area contributed by atoms with Crippen molar-refractivity contribution in [2.24, 2.45) is 11.0 Å². The number of aryl methyl sites for hydroxylation is 1. The second-order valence-electron chi connectivity index (χ2n) is 7.52. The number of benzene rings is 2. The highest BCUT2D eigenvalue weighted by atomic mass is 32.1. The smallest absolute Gasteiger partial charge is 0.439 e. The van der Waals surface area contributed by atoms with Gasteiger partial charge in [-0.15, -0.1) is 11.3 Å². The number of aromatic nitrogens is 1. The van der Waals surface area contributed by atoms with Gasteiger partial charge in [0.1, 0.15) is 5.75 Å². The van der Waals surface area contributed by atoms with Gasteiger partial charge in [-0.3, -0.25) is 0 Å². The summed E-state index contributed by atoms with van der Waals surface area (Å²) in [4.78, 5) is 4.37. The quantitative estimate of drug-likeness (QED) is 0.626. The molecule has 0 radical (unpaired) electrons. The lowest BCUT2D eigenvalue weighted by Gasteiger charge is -2.38. The summed E-state index contributed by atoms with van der Waals surface area (Å²) >= 11 is 1.02. The molecule has 1 aliphatic heterocycles. The third-order valence-corrected chi connectivity index (χ3v) is 6.61. The average Bonchev–Trinajstić information content (AvgIpc) is 3.37. The van der Waals surface area contributed by atoms with Crippen LogP contribution in [0.5, 0.6) is 5.75 Å². The van der Waals surface area contributed by atoms with Gasteiger partial charge in [-0.25, -0.2) is 4.98 Å². The van der Waals surface area contributed by atoms with Crippen molar-refractivity contribution in [3.8, 4) is 17.0 Å². The van der Waals surface area contributed by atoms with Gasteiger partial charge in [0.15, 0.2) is 0 Å². The van der Waals surface area contributed by atoms with Gasteiger partial charge in [-0.05, 0) is 36.6 Å². The fourth-order valence-corrected chi connectivity index (χ4v) is 5.07. The van der Waals surface area contributed by atoms with Crippen LogP contribution in [0.15, 0.2) is 59.0 Å². The van der Waals surface area contributed by atoms with E-state index in [4.69, 9.17) is 4.74 Å². The number of fused-ring (bicyclic) bond motifs is 3. The van der Waals surface area contributed by atoms with Crippen molar-refractivity contribution in [3.63, 3.8) is 0 Å². The number of thiazole rings is 1. The Hall–Kier alpha value is -2.91. The van der Waals surface area contributed by atoms with E-state index in [2.05, 4.69) is 10.1 Å². The van der Waals surface area contributed by atoms with E-state index < -0.39 is 17.8 Å². The molecule has 0 saturated heterocycles. The van der Waals surface area contributed by atoms with Crippen molar-refractivity contribution in [1.82, 2.24) is 4.98 Å². The van der Waals surface area contributed by atoms with Crippen LogP contribution in [-0.2, 0) is 6.42 Å². The van der Waals surface area contributed by atoms with Crippen molar-refractivity contribution in [2.45, 2.75) is 24.7 Å². The van der Waals surface area contributed by atoms with E-state index in [1.165, 1.54) is 7.11 Å². The summed E-state index contributed by atoms with van der Waals surface area (Å²) in [5.41, 5.74) is -0.175. The highest BCUT2D eigenvalue weighted by Crippen LogP contribution is 2.51. The molecule has 9 heteroatoms. The lowest BCUT2D eigenvalue weighted by molar-refractivity contribution is -0.268. The molecule has 0 saturated carbocycles. The normalized spacial score (nSPS) is 22.7. The summed E-state index contributed by atoms with van der Waals surface area (Å²) in [6.07, 6.45) is -4.43. The molecule has 0 unspecified atom stereocenters. The fourth-order valence-electron chi connectivity index (χ4n) is 4.23. The van der Waals surface area contributed by atoms with Crippen LogP contribution in [0.4, 0.5) is 18.3 Å². The van der Waals surface area contributed by atoms with E-state index in [9.17, 15) is 18.3 Å². The Labute approximate surface area is 180 Å². The van der Waals surface area contributed by atoms with Crippen LogP contribution in [0.25, 0.3) is 11.3 Å². The molecule has 2 heterocycles. The maximum absolute atomic E-state index is 14.3. The molecule has 160 valence electrons. The molecule has 1 aromatic heterocycles. The standard InChI is InChI=1S/C22H18F3N3O2S/c1-30-15-8-9-16-14(11-15)7-10-17-19(16)27-28(21(17,29)22(23,24)25)20-26-18(12-31-20)13-5-3-2-4-6-13/h2-6,8-9,11-12,17,29H,7,10H2,1H3/t17-,21+/m0/s1. The minimum absolute atomic E-state index is 0.00404. The summed E-state index contributed by atoms with van der Waals surface area (Å²) in [7, 11) is 1.54. The van der Waals surface area contributed by atoms with Crippen LogP contribution in [0, 0.1) is 5.92 Å². The SMILES string of the molecule is COc1ccc2c(c1)CC[C@H]1C2=NN(c2nc(-c3ccccc3)cs2)[C@]1(O)C(F)(F)F. The summed E-state index contributed by atoms with van der Waals surface area (Å²) in [5, 5.41) is 17.7. The largest absolute Gasteiger partial charge is 0.497 e. The first-order valence-electron chi connectivity index (χ1n) is 9.69. The maximum Gasteiger partial charge on any atom is 0.439 e. The lowest BCUT2D eigenvalue weighted by atomic mass is 9.77. The molecule has 0 bridgehead atoms. The molecule has 2 aromatic carbocycles. The van der Waals surface area contributed by atoms with E-state index in [1.54, 1.807) is 23.6 Å². The van der Waals surface area contributed by atoms with Crippen molar-refractivity contribution in [2.75, 3.05) is 12.1 Å². The van der Waals surface area contributed by atoms with Gasteiger partial charge < -0.3 is 9.84 Å². The number of anilines is 1. The Kier molecular flexibility index (Phi) is 4.56. The minimum Gasteiger partial charge on any atom is -0.497 e. The molecule has 0 spiro atoms. The van der Waals surface area contributed by atoms with Crippen LogP contribution in [-0.4, -0.2) is 34.8 Å². The fraction of sp³-hybridized carbons (Fsp3) is 0.273. The van der Waals surface area contributed by atoms with Gasteiger partial charge >= 0.3 is 6.18 Å². The number of aliphatic hydroxyl groups is 1. The third kappa shape index (κ3) is 3.02. The van der Waals surface area contributed by atoms with Crippen LogP contribution < -0.4 is 9.75 Å². The minimum atomic E-state index is -4.93. The van der Waals surface area contributed by atoms with Gasteiger partial charge in [0, 0.05) is 16.5 Å². The molecule has 1 N–H and O–H groups in total. The molecule has 5 rings (SSSR count). The molecular weight excluding hydrogens is 427 g/mol. The molecule has 2 atom stereocenters. The second kappa shape index (κ2) is 7.06. The molecule has 1 aliphatic carbocycles. The number of nitrogens with zero attached hydrogens (tertiary/aromatic N) is 3. The van der Waals surface area contributed by atoms with Crippen LogP contribution in [0.2, 0.25) is 0 Å². The lowest BCUT2D eigenvalue weighted by Crippen LogP contribution is -2.60. The number of rotatable bonds is 3. The Bertz CT molecular complexity index is 1160. The third-order valence-electron chi connectivity index (χ3n) is 5.80. The molecule has 5 nitrogen and oxygen atoms in total. The van der Waals surface area contributed by atoms with Gasteiger partial charge in [0.05, 0.1) is 24.4 Å². The van der Waals surface area contributed by atoms with E-state index in [0.717, 1.165) is 22.5 Å². The first-order valence-corrected chi connectivity index (χ1v) is 10.6. The highest BCUT2D eigenvalue weighted by Gasteiger charge is 2.68. The Morgan fingerprint density at radius 2 is 1.97 bits per heavy atom. The predicted octanol–water partition coefficient (Wildman–Crippen LogP) is 4.86. The second-order valence-corrected chi connectivity index (χ2v) is 8.35. The molecular formula is C22H18F3N3O2S. The Morgan fingerprint density at radius 3 is 2.68 bits per heavy atom. The van der Waals surface area contributed by atoms with Crippen LogP contribution >= 0.6 is 11.3 Å². The summed E-state index contributed by atoms with van der Waals surface area (Å²) in [6, 6.07) is 14.4. The monoisotopic (exact) mass is 445 g/mol. The molecule has 31 heavy (non-hydrogen) atoms. The van der Waals surface area contributed by atoms with Crippen molar-refractivity contribution >= 4 is 22.2 Å². The summed E-state index contributed by atoms with van der Waals surface area (Å²) in [6.45, 7) is 0. The Balaban J connectivity index is 1.62. The molecule has 0 amide bonds. The average molecular weight is 445 g/mol. The van der Waals surface area contributed by atoms with Gasteiger partial charge in [-0.2, -0.15) is 23.3 Å².